The van der Waals surface area contributed by atoms with Crippen molar-refractivity contribution < 1.29 is 14.6 Å². The van der Waals surface area contributed by atoms with Gasteiger partial charge in [0.25, 0.3) is 0 Å². The lowest BCUT2D eigenvalue weighted by Crippen LogP contribution is -2.41. The summed E-state index contributed by atoms with van der Waals surface area (Å²) in [6.07, 6.45) is -0.381. The van der Waals surface area contributed by atoms with Gasteiger partial charge in [-0.05, 0) is 41.7 Å². The first-order chi connectivity index (χ1) is 7.56. The number of aliphatic hydroxyl groups is 1. The van der Waals surface area contributed by atoms with E-state index in [1.807, 2.05) is 39.6 Å². The standard InChI is InChI=1S/C13H25NO3/c1-9(15)7-14(6)8-10-11(16)13(4,5)17-12(10,2)3/h9-10,15H,7-8H2,1-6H3. The molecule has 0 spiro atoms. The highest BCUT2D eigenvalue weighted by molar-refractivity contribution is 5.91. The molecule has 1 saturated heterocycles. The molecule has 4 heteroatoms. The summed E-state index contributed by atoms with van der Waals surface area (Å²) >= 11 is 0. The van der Waals surface area contributed by atoms with Gasteiger partial charge in [0.05, 0.1) is 17.6 Å². The van der Waals surface area contributed by atoms with Gasteiger partial charge >= 0.3 is 0 Å². The molecule has 1 fully saturated rings. The minimum Gasteiger partial charge on any atom is -0.392 e. The lowest BCUT2D eigenvalue weighted by Gasteiger charge is -2.29. The molecule has 0 aliphatic carbocycles. The molecule has 100 valence electrons. The number of nitrogens with zero attached hydrogens (tertiary/aromatic N) is 1. The van der Waals surface area contributed by atoms with Crippen LogP contribution in [0.5, 0.6) is 0 Å². The maximum absolute atomic E-state index is 12.2. The van der Waals surface area contributed by atoms with Crippen molar-refractivity contribution in [2.75, 3.05) is 20.1 Å². The van der Waals surface area contributed by atoms with Gasteiger partial charge in [-0.3, -0.25) is 4.79 Å². The number of Topliss-reactive ketones (excluding diaryl/α,β-unsaturated/α-hetero) is 1. The van der Waals surface area contributed by atoms with Crippen LogP contribution in [0.25, 0.3) is 0 Å². The molecular formula is C13H25NO3. The molecule has 17 heavy (non-hydrogen) atoms. The van der Waals surface area contributed by atoms with Gasteiger partial charge in [-0.1, -0.05) is 0 Å². The Kier molecular flexibility index (Phi) is 4.01. The third kappa shape index (κ3) is 3.27. The molecule has 1 N–H and O–H groups in total. The minimum absolute atomic E-state index is 0.138. The number of ketones is 1. The van der Waals surface area contributed by atoms with Crippen LogP contribution in [-0.4, -0.2) is 53.2 Å². The summed E-state index contributed by atoms with van der Waals surface area (Å²) in [5.74, 6) is 0.0150. The first-order valence-electron chi connectivity index (χ1n) is 6.17. The number of carbonyl (C=O) groups excluding carboxylic acids is 1. The molecule has 0 saturated carbocycles. The summed E-state index contributed by atoms with van der Waals surface area (Å²) in [5.41, 5.74) is -1.13. The average molecular weight is 243 g/mol. The number of carbonyl (C=O) groups is 1. The van der Waals surface area contributed by atoms with Crippen LogP contribution in [0.3, 0.4) is 0 Å². The summed E-state index contributed by atoms with van der Waals surface area (Å²) in [4.78, 5) is 14.2. The smallest absolute Gasteiger partial charge is 0.171 e. The molecule has 1 aliphatic heterocycles. The van der Waals surface area contributed by atoms with E-state index in [0.717, 1.165) is 0 Å². The lowest BCUT2D eigenvalue weighted by atomic mass is 9.85. The van der Waals surface area contributed by atoms with Crippen LogP contribution >= 0.6 is 0 Å². The maximum Gasteiger partial charge on any atom is 0.171 e. The molecule has 2 unspecified atom stereocenters. The van der Waals surface area contributed by atoms with Crippen molar-refractivity contribution in [3.63, 3.8) is 0 Å². The van der Waals surface area contributed by atoms with Crippen LogP contribution in [-0.2, 0) is 9.53 Å². The molecule has 1 heterocycles. The summed E-state index contributed by atoms with van der Waals surface area (Å²) in [7, 11) is 1.92. The maximum atomic E-state index is 12.2. The quantitative estimate of drug-likeness (QED) is 0.802. The van der Waals surface area contributed by atoms with Crippen molar-refractivity contribution in [2.45, 2.75) is 51.9 Å². The predicted octanol–water partition coefficient (Wildman–Crippen LogP) is 1.07. The molecule has 0 aromatic heterocycles. The van der Waals surface area contributed by atoms with E-state index >= 15 is 0 Å². The van der Waals surface area contributed by atoms with Crippen LogP contribution in [0.15, 0.2) is 0 Å². The van der Waals surface area contributed by atoms with E-state index in [4.69, 9.17) is 4.74 Å². The second kappa shape index (κ2) is 4.67. The number of rotatable bonds is 4. The van der Waals surface area contributed by atoms with Gasteiger partial charge in [0, 0.05) is 13.1 Å². The first kappa shape index (κ1) is 14.6. The Morgan fingerprint density at radius 2 is 1.94 bits per heavy atom. The van der Waals surface area contributed by atoms with Crippen LogP contribution in [0.4, 0.5) is 0 Å². The largest absolute Gasteiger partial charge is 0.392 e. The molecule has 2 atom stereocenters. The molecule has 0 aromatic rings. The van der Waals surface area contributed by atoms with Gasteiger partial charge in [0.15, 0.2) is 5.78 Å². The number of ether oxygens (including phenoxy) is 1. The monoisotopic (exact) mass is 243 g/mol. The van der Waals surface area contributed by atoms with Crippen molar-refractivity contribution >= 4 is 5.78 Å². The molecule has 0 amide bonds. The van der Waals surface area contributed by atoms with E-state index < -0.39 is 11.2 Å². The number of hydrogen-bond acceptors (Lipinski definition) is 4. The molecular weight excluding hydrogens is 218 g/mol. The molecule has 0 aromatic carbocycles. The van der Waals surface area contributed by atoms with E-state index in [2.05, 4.69) is 0 Å². The highest BCUT2D eigenvalue weighted by Crippen LogP contribution is 2.39. The average Bonchev–Trinajstić information content (AvgIpc) is 2.22. The summed E-state index contributed by atoms with van der Waals surface area (Å²) in [5, 5.41) is 9.34. The normalized spacial score (nSPS) is 28.7. The van der Waals surface area contributed by atoms with Crippen LogP contribution in [0.1, 0.15) is 34.6 Å². The molecule has 1 aliphatic rings. The van der Waals surface area contributed by atoms with Gasteiger partial charge in [-0.15, -0.1) is 0 Å². The van der Waals surface area contributed by atoms with Crippen LogP contribution < -0.4 is 0 Å². The zero-order valence-corrected chi connectivity index (χ0v) is 11.8. The highest BCUT2D eigenvalue weighted by atomic mass is 16.5. The fraction of sp³-hybridized carbons (Fsp3) is 0.923. The Bertz CT molecular complexity index is 297. The summed E-state index contributed by atoms with van der Waals surface area (Å²) in [6.45, 7) is 10.5. The fourth-order valence-electron chi connectivity index (χ4n) is 2.65. The van der Waals surface area contributed by atoms with E-state index in [9.17, 15) is 9.90 Å². The highest BCUT2D eigenvalue weighted by Gasteiger charge is 2.53. The lowest BCUT2D eigenvalue weighted by molar-refractivity contribution is -0.132. The Labute approximate surface area is 104 Å². The number of likely N-dealkylation sites (N-methyl/N-ethyl adjacent to an activating group) is 1. The fourth-order valence-corrected chi connectivity index (χ4v) is 2.65. The molecule has 4 nitrogen and oxygen atoms in total. The molecule has 0 radical (unpaired) electrons. The Morgan fingerprint density at radius 3 is 2.29 bits per heavy atom. The van der Waals surface area contributed by atoms with Crippen molar-refractivity contribution in [1.82, 2.24) is 4.90 Å². The minimum atomic E-state index is -0.695. The Balaban J connectivity index is 2.73. The van der Waals surface area contributed by atoms with Crippen molar-refractivity contribution in [3.05, 3.63) is 0 Å². The van der Waals surface area contributed by atoms with Gasteiger partial charge < -0.3 is 14.7 Å². The van der Waals surface area contributed by atoms with Crippen molar-refractivity contribution in [2.24, 2.45) is 5.92 Å². The predicted molar refractivity (Wildman–Crippen MR) is 66.9 cm³/mol. The van der Waals surface area contributed by atoms with Gasteiger partial charge in [-0.25, -0.2) is 0 Å². The Morgan fingerprint density at radius 1 is 1.41 bits per heavy atom. The number of aliphatic hydroxyl groups excluding tert-OH is 1. The van der Waals surface area contributed by atoms with Gasteiger partial charge in [0.1, 0.15) is 5.60 Å². The third-order valence-corrected chi connectivity index (χ3v) is 3.34. The van der Waals surface area contributed by atoms with Gasteiger partial charge in [-0.2, -0.15) is 0 Å². The zero-order valence-electron chi connectivity index (χ0n) is 11.8. The molecule has 1 rings (SSSR count). The third-order valence-electron chi connectivity index (χ3n) is 3.34. The number of hydrogen-bond donors (Lipinski definition) is 1. The Hall–Kier alpha value is -0.450. The summed E-state index contributed by atoms with van der Waals surface area (Å²) < 4.78 is 5.83. The topological polar surface area (TPSA) is 49.8 Å². The van der Waals surface area contributed by atoms with Crippen LogP contribution in [0, 0.1) is 5.92 Å². The molecule has 0 bridgehead atoms. The van der Waals surface area contributed by atoms with Gasteiger partial charge in [0.2, 0.25) is 0 Å². The van der Waals surface area contributed by atoms with E-state index in [1.54, 1.807) is 6.92 Å². The van der Waals surface area contributed by atoms with Crippen molar-refractivity contribution in [1.29, 1.82) is 0 Å². The second-order valence-electron chi connectivity index (χ2n) is 6.20. The summed E-state index contributed by atoms with van der Waals surface area (Å²) in [6, 6.07) is 0. The first-order valence-corrected chi connectivity index (χ1v) is 6.17. The van der Waals surface area contributed by atoms with E-state index in [0.29, 0.717) is 13.1 Å². The second-order valence-corrected chi connectivity index (χ2v) is 6.20. The van der Waals surface area contributed by atoms with Crippen LogP contribution in [0.2, 0.25) is 0 Å². The van der Waals surface area contributed by atoms with Crippen molar-refractivity contribution in [3.8, 4) is 0 Å². The SMILES string of the molecule is CC(O)CN(C)CC1C(=O)C(C)(C)OC1(C)C. The van der Waals surface area contributed by atoms with E-state index in [1.165, 1.54) is 0 Å². The van der Waals surface area contributed by atoms with E-state index in [-0.39, 0.29) is 17.8 Å². The zero-order chi connectivity index (χ0) is 13.4.